The Balaban J connectivity index is 0.000000452. The van der Waals surface area contributed by atoms with Gasteiger partial charge < -0.3 is 20.1 Å². The molecule has 0 bridgehead atoms. The van der Waals surface area contributed by atoms with Crippen LogP contribution in [0.4, 0.5) is 0 Å². The van der Waals surface area contributed by atoms with Gasteiger partial charge in [-0.1, -0.05) is 31.2 Å². The summed E-state index contributed by atoms with van der Waals surface area (Å²) in [6, 6.07) is 15.2. The van der Waals surface area contributed by atoms with Crippen LogP contribution in [0.3, 0.4) is 0 Å². The minimum atomic E-state index is -0.829. The highest BCUT2D eigenvalue weighted by molar-refractivity contribution is 6.61. The first-order chi connectivity index (χ1) is 9.74. The van der Waals surface area contributed by atoms with Crippen molar-refractivity contribution < 1.29 is 14.4 Å². The Labute approximate surface area is 119 Å². The molecule has 3 N–H and O–H groups in total. The predicted octanol–water partition coefficient (Wildman–Crippen LogP) is 1.66. The average Bonchev–Trinajstić information content (AvgIpc) is 2.82. The van der Waals surface area contributed by atoms with E-state index in [1.54, 1.807) is 0 Å². The first kappa shape index (κ1) is 14.6. The lowest BCUT2D eigenvalue weighted by Crippen LogP contribution is -2.27. The Bertz CT molecular complexity index is 548. The molecule has 0 amide bonds. The second-order valence-corrected chi connectivity index (χ2v) is 4.35. The van der Waals surface area contributed by atoms with E-state index >= 15 is 0 Å². The molecule has 104 valence electrons. The maximum Gasteiger partial charge on any atom is 0.491 e. The fraction of sp³-hybridized carbons (Fsp3) is 0.200. The van der Waals surface area contributed by atoms with E-state index in [0.29, 0.717) is 12.4 Å². The molecule has 1 aliphatic rings. The third-order valence-corrected chi connectivity index (χ3v) is 2.76. The van der Waals surface area contributed by atoms with Crippen LogP contribution in [0.25, 0.3) is 0 Å². The molecule has 20 heavy (non-hydrogen) atoms. The molecule has 3 rings (SSSR count). The van der Waals surface area contributed by atoms with Crippen LogP contribution in [-0.4, -0.2) is 18.7 Å². The first-order valence-corrected chi connectivity index (χ1v) is 6.60. The zero-order valence-corrected chi connectivity index (χ0v) is 11.5. The van der Waals surface area contributed by atoms with Gasteiger partial charge in [0.1, 0.15) is 11.5 Å². The van der Waals surface area contributed by atoms with Crippen LogP contribution < -0.4 is 15.9 Å². The van der Waals surface area contributed by atoms with Gasteiger partial charge in [0.25, 0.3) is 0 Å². The molecule has 4 nitrogen and oxygen atoms in total. The van der Waals surface area contributed by atoms with Crippen LogP contribution in [0.1, 0.15) is 12.5 Å². The lowest BCUT2D eigenvalue weighted by Gasteiger charge is -2.07. The van der Waals surface area contributed by atoms with Crippen LogP contribution in [0, 0.1) is 0 Å². The summed E-state index contributed by atoms with van der Waals surface area (Å²) in [4.78, 5) is 0. The minimum absolute atomic E-state index is 0.460. The van der Waals surface area contributed by atoms with Crippen molar-refractivity contribution in [2.24, 2.45) is 5.73 Å². The van der Waals surface area contributed by atoms with Crippen LogP contribution in [-0.2, 0) is 11.3 Å². The summed E-state index contributed by atoms with van der Waals surface area (Å²) in [5.74, 6) is 1.49. The van der Waals surface area contributed by atoms with E-state index in [-0.39, 0.29) is 0 Å². The van der Waals surface area contributed by atoms with E-state index in [0.717, 1.165) is 23.3 Å². The second-order valence-electron chi connectivity index (χ2n) is 4.35. The standard InChI is InChI=1S/C13H11BO3.C2H7N/c15-14-13-8-12(7-6-10(13)9-16-14)17-11-4-2-1-3-5-11;1-2-3/h1-8,15H,9H2;2-3H2,1H3. The lowest BCUT2D eigenvalue weighted by molar-refractivity contribution is 0.275. The summed E-state index contributed by atoms with van der Waals surface area (Å²) in [6.45, 7) is 3.11. The maximum absolute atomic E-state index is 9.59. The monoisotopic (exact) mass is 271 g/mol. The molecule has 2 aromatic rings. The molecule has 2 aromatic carbocycles. The Hall–Kier alpha value is -1.82. The molecule has 1 heterocycles. The second kappa shape index (κ2) is 7.10. The SMILES string of the molecule is CCN.OB1OCc2ccc(Oc3ccccc3)cc21. The van der Waals surface area contributed by atoms with E-state index in [9.17, 15) is 5.02 Å². The van der Waals surface area contributed by atoms with E-state index < -0.39 is 7.12 Å². The van der Waals surface area contributed by atoms with E-state index in [1.807, 2.05) is 55.5 Å². The molecule has 5 heteroatoms. The number of para-hydroxylation sites is 1. The van der Waals surface area contributed by atoms with Gasteiger partial charge in [-0.25, -0.2) is 0 Å². The first-order valence-electron chi connectivity index (χ1n) is 6.60. The van der Waals surface area contributed by atoms with Crippen LogP contribution in [0.2, 0.25) is 0 Å². The van der Waals surface area contributed by atoms with Crippen molar-refractivity contribution in [2.75, 3.05) is 6.54 Å². The van der Waals surface area contributed by atoms with E-state index in [4.69, 9.17) is 15.1 Å². The van der Waals surface area contributed by atoms with Gasteiger partial charge in [0, 0.05) is 0 Å². The molecule has 0 atom stereocenters. The normalized spacial score (nSPS) is 12.4. The highest BCUT2D eigenvalue weighted by Gasteiger charge is 2.27. The Morgan fingerprint density at radius 1 is 1.20 bits per heavy atom. The Morgan fingerprint density at radius 2 is 1.90 bits per heavy atom. The largest absolute Gasteiger partial charge is 0.491 e. The number of rotatable bonds is 2. The number of fused-ring (bicyclic) bond motifs is 1. The van der Waals surface area contributed by atoms with Crippen molar-refractivity contribution in [1.82, 2.24) is 0 Å². The minimum Gasteiger partial charge on any atom is -0.457 e. The summed E-state index contributed by atoms with van der Waals surface area (Å²) in [5.41, 5.74) is 6.65. The number of hydrogen-bond donors (Lipinski definition) is 2. The van der Waals surface area contributed by atoms with Crippen molar-refractivity contribution in [2.45, 2.75) is 13.5 Å². The van der Waals surface area contributed by atoms with Crippen molar-refractivity contribution in [3.05, 3.63) is 54.1 Å². The van der Waals surface area contributed by atoms with Gasteiger partial charge in [-0.2, -0.15) is 0 Å². The molecule has 0 saturated carbocycles. The molecule has 0 aromatic heterocycles. The number of nitrogens with two attached hydrogens (primary N) is 1. The molecular formula is C15H18BNO3. The molecule has 0 unspecified atom stereocenters. The molecule has 0 aliphatic carbocycles. The van der Waals surface area contributed by atoms with Crippen molar-refractivity contribution in [3.8, 4) is 11.5 Å². The van der Waals surface area contributed by atoms with Crippen molar-refractivity contribution >= 4 is 12.6 Å². The highest BCUT2D eigenvalue weighted by atomic mass is 16.5. The maximum atomic E-state index is 9.59. The number of hydrogen-bond acceptors (Lipinski definition) is 4. The van der Waals surface area contributed by atoms with Crippen molar-refractivity contribution in [1.29, 1.82) is 0 Å². The smallest absolute Gasteiger partial charge is 0.457 e. The average molecular weight is 271 g/mol. The van der Waals surface area contributed by atoms with Crippen LogP contribution in [0.5, 0.6) is 11.5 Å². The highest BCUT2D eigenvalue weighted by Crippen LogP contribution is 2.22. The van der Waals surface area contributed by atoms with Gasteiger partial charge in [-0.15, -0.1) is 0 Å². The molecule has 0 saturated heterocycles. The summed E-state index contributed by atoms with van der Waals surface area (Å²) in [6.07, 6.45) is 0. The van der Waals surface area contributed by atoms with Crippen molar-refractivity contribution in [3.63, 3.8) is 0 Å². The number of ether oxygens (including phenoxy) is 1. The van der Waals surface area contributed by atoms with Gasteiger partial charge in [-0.3, -0.25) is 0 Å². The van der Waals surface area contributed by atoms with Crippen LogP contribution in [0.15, 0.2) is 48.5 Å². The molecular weight excluding hydrogens is 253 g/mol. The zero-order valence-electron chi connectivity index (χ0n) is 11.5. The molecule has 1 aliphatic heterocycles. The topological polar surface area (TPSA) is 64.7 Å². The molecule has 0 fully saturated rings. The predicted molar refractivity (Wildman–Crippen MR) is 80.1 cm³/mol. The van der Waals surface area contributed by atoms with Gasteiger partial charge in [0.05, 0.1) is 6.61 Å². The van der Waals surface area contributed by atoms with Gasteiger partial charge >= 0.3 is 7.12 Å². The summed E-state index contributed by atoms with van der Waals surface area (Å²) < 4.78 is 10.8. The summed E-state index contributed by atoms with van der Waals surface area (Å²) >= 11 is 0. The Kier molecular flexibility index (Phi) is 5.18. The summed E-state index contributed by atoms with van der Waals surface area (Å²) in [5, 5.41) is 9.59. The molecule has 0 spiro atoms. The quantitative estimate of drug-likeness (QED) is 0.815. The van der Waals surface area contributed by atoms with Gasteiger partial charge in [0.2, 0.25) is 0 Å². The fourth-order valence-corrected chi connectivity index (χ4v) is 1.88. The Morgan fingerprint density at radius 3 is 2.60 bits per heavy atom. The van der Waals surface area contributed by atoms with Gasteiger partial charge in [-0.05, 0) is 41.8 Å². The third-order valence-electron chi connectivity index (χ3n) is 2.76. The van der Waals surface area contributed by atoms with Crippen LogP contribution >= 0.6 is 0 Å². The number of benzene rings is 2. The third kappa shape index (κ3) is 3.60. The van der Waals surface area contributed by atoms with E-state index in [2.05, 4.69) is 0 Å². The zero-order chi connectivity index (χ0) is 14.4. The summed E-state index contributed by atoms with van der Waals surface area (Å²) in [7, 11) is -0.829. The fourth-order valence-electron chi connectivity index (χ4n) is 1.88. The van der Waals surface area contributed by atoms with Gasteiger partial charge in [0.15, 0.2) is 0 Å². The molecule has 0 radical (unpaired) electrons. The van der Waals surface area contributed by atoms with E-state index in [1.165, 1.54) is 0 Å². The lowest BCUT2D eigenvalue weighted by atomic mass is 9.79.